The van der Waals surface area contributed by atoms with Crippen molar-refractivity contribution in [1.29, 1.82) is 0 Å². The van der Waals surface area contributed by atoms with Gasteiger partial charge in [0.15, 0.2) is 5.82 Å². The van der Waals surface area contributed by atoms with Crippen LogP contribution in [0.15, 0.2) is 60.0 Å². The Morgan fingerprint density at radius 3 is 2.56 bits per heavy atom. The van der Waals surface area contributed by atoms with Crippen molar-refractivity contribution in [2.45, 2.75) is 45.6 Å². The fourth-order valence-corrected chi connectivity index (χ4v) is 4.92. The monoisotopic (exact) mass is 477 g/mol. The number of nitrogens with one attached hydrogen (secondary N) is 1. The average Bonchev–Trinajstić information content (AvgIpc) is 3.21. The van der Waals surface area contributed by atoms with Gasteiger partial charge in [-0.25, -0.2) is 23.1 Å². The lowest BCUT2D eigenvalue weighted by molar-refractivity contribution is 0.567. The Labute approximate surface area is 200 Å². The molecule has 0 bridgehead atoms. The molecule has 0 radical (unpaired) electrons. The van der Waals surface area contributed by atoms with Crippen LogP contribution in [-0.2, 0) is 23.0 Å². The molecular weight excluding hydrogens is 446 g/mol. The van der Waals surface area contributed by atoms with E-state index in [1.807, 2.05) is 48.5 Å². The molecule has 0 saturated heterocycles. The smallest absolute Gasteiger partial charge is 0.233 e. The number of para-hydroxylation sites is 1. The summed E-state index contributed by atoms with van der Waals surface area (Å²) in [6.45, 7) is 3.28. The lowest BCUT2D eigenvalue weighted by Gasteiger charge is -2.11. The number of pyridine rings is 1. The van der Waals surface area contributed by atoms with E-state index < -0.39 is 10.0 Å². The molecule has 7 nitrogen and oxygen atoms in total. The fourth-order valence-electron chi connectivity index (χ4n) is 4.06. The average molecular weight is 478 g/mol. The number of anilines is 1. The minimum absolute atomic E-state index is 0.378. The number of unbranched alkanes of at least 4 members (excludes halogenated alkanes) is 2. The number of rotatable bonds is 11. The van der Waals surface area contributed by atoms with E-state index in [0.29, 0.717) is 18.8 Å². The molecular formula is C26H31N5O2S. The lowest BCUT2D eigenvalue weighted by atomic mass is 10.2. The molecule has 0 atom stereocenters. The summed E-state index contributed by atoms with van der Waals surface area (Å²) in [5, 5.41) is 2.25. The van der Waals surface area contributed by atoms with Gasteiger partial charge in [0, 0.05) is 30.3 Å². The van der Waals surface area contributed by atoms with Crippen molar-refractivity contribution in [3.63, 3.8) is 0 Å². The van der Waals surface area contributed by atoms with E-state index in [-0.39, 0.29) is 0 Å². The number of aryl methyl sites for hydroxylation is 2. The fraction of sp³-hybridized carbons (Fsp3) is 0.308. The molecule has 178 valence electrons. The van der Waals surface area contributed by atoms with Crippen LogP contribution >= 0.6 is 0 Å². The predicted molar refractivity (Wildman–Crippen MR) is 140 cm³/mol. The molecule has 2 heterocycles. The molecule has 0 aliphatic rings. The Bertz CT molecular complexity index is 1400. The zero-order chi connectivity index (χ0) is 24.0. The normalized spacial score (nSPS) is 12.3. The number of hydrogen-bond donors (Lipinski definition) is 2. The van der Waals surface area contributed by atoms with E-state index in [0.717, 1.165) is 65.6 Å². The van der Waals surface area contributed by atoms with Gasteiger partial charge in [-0.05, 0) is 37.0 Å². The Morgan fingerprint density at radius 2 is 1.76 bits per heavy atom. The quantitative estimate of drug-likeness (QED) is 0.300. The third-order valence-corrected chi connectivity index (χ3v) is 6.90. The van der Waals surface area contributed by atoms with Gasteiger partial charge in [0.25, 0.3) is 0 Å². The Hall–Kier alpha value is -3.23. The van der Waals surface area contributed by atoms with Crippen molar-refractivity contribution in [1.82, 2.24) is 19.3 Å². The van der Waals surface area contributed by atoms with E-state index >= 15 is 0 Å². The molecule has 2 aromatic heterocycles. The molecule has 0 amide bonds. The number of nitrogen functional groups attached to an aromatic ring is 1. The Morgan fingerprint density at radius 1 is 1.00 bits per heavy atom. The third kappa shape index (κ3) is 5.63. The number of hydrogen-bond acceptors (Lipinski definition) is 5. The minimum Gasteiger partial charge on any atom is -0.382 e. The van der Waals surface area contributed by atoms with Crippen molar-refractivity contribution in [2.24, 2.45) is 0 Å². The number of nitrogens with two attached hydrogens (primary N) is 1. The highest BCUT2D eigenvalue weighted by molar-refractivity contribution is 7.92. The van der Waals surface area contributed by atoms with Crippen LogP contribution in [0, 0.1) is 0 Å². The van der Waals surface area contributed by atoms with Crippen LogP contribution in [-0.4, -0.2) is 29.5 Å². The summed E-state index contributed by atoms with van der Waals surface area (Å²) >= 11 is 0. The van der Waals surface area contributed by atoms with Crippen molar-refractivity contribution in [3.05, 3.63) is 71.4 Å². The number of aromatic nitrogens is 3. The highest BCUT2D eigenvalue weighted by Crippen LogP contribution is 2.29. The summed E-state index contributed by atoms with van der Waals surface area (Å²) in [7, 11) is -3.48. The largest absolute Gasteiger partial charge is 0.382 e. The molecule has 4 aromatic rings. The maximum absolute atomic E-state index is 12.3. The van der Waals surface area contributed by atoms with Crippen LogP contribution < -0.4 is 10.5 Å². The first kappa shape index (κ1) is 23.9. The molecule has 0 unspecified atom stereocenters. The summed E-state index contributed by atoms with van der Waals surface area (Å²) in [5.74, 6) is 1.45. The SMILES string of the molecule is CCCCc1nc2c(N)nc3ccccc3c2n1CCCCNS(=O)(=O)C=Cc1ccccc1. The van der Waals surface area contributed by atoms with Crippen LogP contribution in [0.2, 0.25) is 0 Å². The van der Waals surface area contributed by atoms with Crippen molar-refractivity contribution in [2.75, 3.05) is 12.3 Å². The molecule has 0 spiro atoms. The van der Waals surface area contributed by atoms with Gasteiger partial charge >= 0.3 is 0 Å². The molecule has 34 heavy (non-hydrogen) atoms. The lowest BCUT2D eigenvalue weighted by Crippen LogP contribution is -2.22. The summed E-state index contributed by atoms with van der Waals surface area (Å²) in [4.78, 5) is 9.38. The van der Waals surface area contributed by atoms with Crippen LogP contribution in [0.1, 0.15) is 44.0 Å². The zero-order valence-corrected chi connectivity index (χ0v) is 20.3. The minimum atomic E-state index is -3.48. The second kappa shape index (κ2) is 10.8. The number of benzene rings is 2. The van der Waals surface area contributed by atoms with Gasteiger partial charge in [0.2, 0.25) is 10.0 Å². The molecule has 4 rings (SSSR count). The van der Waals surface area contributed by atoms with E-state index in [2.05, 4.69) is 27.3 Å². The highest BCUT2D eigenvalue weighted by atomic mass is 32.2. The molecule has 0 fully saturated rings. The Kier molecular flexibility index (Phi) is 7.59. The second-order valence-electron chi connectivity index (χ2n) is 8.35. The van der Waals surface area contributed by atoms with E-state index in [4.69, 9.17) is 10.7 Å². The summed E-state index contributed by atoms with van der Waals surface area (Å²) < 4.78 is 29.5. The van der Waals surface area contributed by atoms with Gasteiger partial charge < -0.3 is 10.3 Å². The van der Waals surface area contributed by atoms with Crippen molar-refractivity contribution in [3.8, 4) is 0 Å². The first-order chi connectivity index (χ1) is 16.5. The van der Waals surface area contributed by atoms with Crippen molar-refractivity contribution >= 4 is 43.9 Å². The van der Waals surface area contributed by atoms with Gasteiger partial charge in [0.05, 0.1) is 11.0 Å². The van der Waals surface area contributed by atoms with Gasteiger partial charge in [-0.1, -0.05) is 61.9 Å². The molecule has 8 heteroatoms. The van der Waals surface area contributed by atoms with E-state index in [9.17, 15) is 8.42 Å². The molecule has 3 N–H and O–H groups in total. The van der Waals surface area contributed by atoms with Crippen LogP contribution in [0.25, 0.3) is 28.0 Å². The molecule has 0 saturated carbocycles. The van der Waals surface area contributed by atoms with E-state index in [1.165, 1.54) is 5.41 Å². The first-order valence-corrected chi connectivity index (χ1v) is 13.3. The number of nitrogens with zero attached hydrogens (tertiary/aromatic N) is 3. The van der Waals surface area contributed by atoms with Crippen molar-refractivity contribution < 1.29 is 8.42 Å². The highest BCUT2D eigenvalue weighted by Gasteiger charge is 2.17. The van der Waals surface area contributed by atoms with Gasteiger partial charge in [-0.2, -0.15) is 0 Å². The molecule has 0 aliphatic carbocycles. The second-order valence-corrected chi connectivity index (χ2v) is 10.0. The third-order valence-electron chi connectivity index (χ3n) is 5.79. The van der Waals surface area contributed by atoms with Crippen LogP contribution in [0.5, 0.6) is 0 Å². The van der Waals surface area contributed by atoms with Crippen LogP contribution in [0.3, 0.4) is 0 Å². The predicted octanol–water partition coefficient (Wildman–Crippen LogP) is 4.88. The molecule has 0 aliphatic heterocycles. The summed E-state index contributed by atoms with van der Waals surface area (Å²) in [6.07, 6.45) is 6.12. The molecule has 2 aromatic carbocycles. The summed E-state index contributed by atoms with van der Waals surface area (Å²) in [5.41, 5.74) is 9.72. The van der Waals surface area contributed by atoms with Crippen LogP contribution in [0.4, 0.5) is 5.82 Å². The number of fused-ring (bicyclic) bond motifs is 3. The van der Waals surface area contributed by atoms with E-state index in [1.54, 1.807) is 6.08 Å². The standard InChI is InChI=1S/C26H31N5O2S/c1-2-3-15-23-30-24-25(21-13-7-8-14-22(21)29-26(24)27)31(23)18-10-9-17-28-34(32,33)19-16-20-11-5-4-6-12-20/h4-8,11-14,16,19,28H,2-3,9-10,15,17-18H2,1H3,(H2,27,29). The Balaban J connectivity index is 1.46. The number of sulfonamides is 1. The van der Waals surface area contributed by atoms with Gasteiger partial charge in [0.1, 0.15) is 11.3 Å². The summed E-state index contributed by atoms with van der Waals surface area (Å²) in [6, 6.07) is 17.4. The topological polar surface area (TPSA) is 103 Å². The van der Waals surface area contributed by atoms with Gasteiger partial charge in [-0.15, -0.1) is 0 Å². The maximum atomic E-state index is 12.3. The first-order valence-electron chi connectivity index (χ1n) is 11.7. The maximum Gasteiger partial charge on any atom is 0.233 e. The van der Waals surface area contributed by atoms with Gasteiger partial charge in [-0.3, -0.25) is 0 Å². The number of imidazole rings is 1. The zero-order valence-electron chi connectivity index (χ0n) is 19.4.